The molecule has 1 unspecified atom stereocenters. The summed E-state index contributed by atoms with van der Waals surface area (Å²) >= 11 is 0. The van der Waals surface area contributed by atoms with Crippen molar-refractivity contribution in [3.63, 3.8) is 0 Å². The quantitative estimate of drug-likeness (QED) is 0.925. The number of rotatable bonds is 4. The fourth-order valence-electron chi connectivity index (χ4n) is 2.56. The minimum Gasteiger partial charge on any atom is -0.376 e. The summed E-state index contributed by atoms with van der Waals surface area (Å²) in [6.45, 7) is 5.77. The maximum absolute atomic E-state index is 5.63. The van der Waals surface area contributed by atoms with Gasteiger partial charge in [0.15, 0.2) is 0 Å². The van der Waals surface area contributed by atoms with E-state index >= 15 is 0 Å². The molecular weight excluding hydrogens is 252 g/mol. The predicted molar refractivity (Wildman–Crippen MR) is 78.7 cm³/mol. The third kappa shape index (κ3) is 3.15. The van der Waals surface area contributed by atoms with Crippen LogP contribution in [0.2, 0.25) is 0 Å². The molecule has 0 bridgehead atoms. The van der Waals surface area contributed by atoms with Crippen LogP contribution in [0.3, 0.4) is 0 Å². The van der Waals surface area contributed by atoms with Crippen LogP contribution in [0, 0.1) is 6.92 Å². The summed E-state index contributed by atoms with van der Waals surface area (Å²) in [7, 11) is 0. The van der Waals surface area contributed by atoms with E-state index in [1.54, 1.807) is 0 Å². The van der Waals surface area contributed by atoms with Crippen molar-refractivity contribution in [2.45, 2.75) is 19.6 Å². The monoisotopic (exact) mass is 272 g/mol. The van der Waals surface area contributed by atoms with E-state index in [2.05, 4.69) is 34.6 Å². The number of pyridine rings is 1. The molecule has 0 aliphatic carbocycles. The molecule has 2 heterocycles. The highest BCUT2D eigenvalue weighted by Gasteiger charge is 2.13. The summed E-state index contributed by atoms with van der Waals surface area (Å²) in [5.74, 6) is 0. The van der Waals surface area contributed by atoms with Crippen molar-refractivity contribution in [3.05, 3.63) is 41.6 Å². The van der Waals surface area contributed by atoms with Crippen LogP contribution in [0.25, 0.3) is 10.9 Å². The summed E-state index contributed by atoms with van der Waals surface area (Å²) in [5.41, 5.74) is 3.39. The molecule has 1 saturated heterocycles. The number of hydrogen-bond donors (Lipinski definition) is 1. The van der Waals surface area contributed by atoms with E-state index in [1.807, 2.05) is 13.0 Å². The van der Waals surface area contributed by atoms with Gasteiger partial charge in [-0.1, -0.05) is 18.2 Å². The van der Waals surface area contributed by atoms with E-state index in [9.17, 15) is 0 Å². The Morgan fingerprint density at radius 2 is 2.20 bits per heavy atom. The molecular formula is C16H20N2O2. The van der Waals surface area contributed by atoms with Crippen molar-refractivity contribution >= 4 is 10.9 Å². The smallest absolute Gasteiger partial charge is 0.0933 e. The van der Waals surface area contributed by atoms with Crippen LogP contribution in [0.15, 0.2) is 30.3 Å². The Bertz CT molecular complexity index is 580. The first kappa shape index (κ1) is 13.5. The minimum absolute atomic E-state index is 0.165. The molecule has 1 N–H and O–H groups in total. The van der Waals surface area contributed by atoms with Gasteiger partial charge in [-0.3, -0.25) is 4.98 Å². The van der Waals surface area contributed by atoms with Gasteiger partial charge in [0.1, 0.15) is 0 Å². The molecule has 2 aromatic rings. The number of aromatic nitrogens is 1. The van der Waals surface area contributed by atoms with Crippen molar-refractivity contribution in [2.75, 3.05) is 26.4 Å². The zero-order valence-electron chi connectivity index (χ0n) is 11.8. The van der Waals surface area contributed by atoms with Crippen LogP contribution in [0.4, 0.5) is 0 Å². The van der Waals surface area contributed by atoms with Crippen LogP contribution in [-0.4, -0.2) is 37.5 Å². The first-order valence-corrected chi connectivity index (χ1v) is 7.08. The Morgan fingerprint density at radius 1 is 1.30 bits per heavy atom. The molecule has 1 aliphatic rings. The van der Waals surface area contributed by atoms with Gasteiger partial charge in [-0.05, 0) is 24.6 Å². The number of hydrogen-bond acceptors (Lipinski definition) is 4. The van der Waals surface area contributed by atoms with Gasteiger partial charge in [0.05, 0.1) is 31.4 Å². The van der Waals surface area contributed by atoms with Gasteiger partial charge in [-0.2, -0.15) is 0 Å². The Morgan fingerprint density at radius 3 is 3.05 bits per heavy atom. The first-order valence-electron chi connectivity index (χ1n) is 7.08. The summed E-state index contributed by atoms with van der Waals surface area (Å²) in [6, 6.07) is 10.4. The Hall–Kier alpha value is -1.49. The third-order valence-electron chi connectivity index (χ3n) is 3.50. The van der Waals surface area contributed by atoms with Crippen molar-refractivity contribution in [1.29, 1.82) is 0 Å². The van der Waals surface area contributed by atoms with E-state index < -0.39 is 0 Å². The lowest BCUT2D eigenvalue weighted by atomic mass is 10.1. The zero-order chi connectivity index (χ0) is 13.8. The molecule has 4 nitrogen and oxygen atoms in total. The normalized spacial score (nSPS) is 19.4. The van der Waals surface area contributed by atoms with Crippen LogP contribution in [0.5, 0.6) is 0 Å². The average Bonchev–Trinajstić information content (AvgIpc) is 2.48. The molecule has 0 radical (unpaired) electrons. The van der Waals surface area contributed by atoms with Crippen molar-refractivity contribution in [1.82, 2.24) is 10.3 Å². The Kier molecular flexibility index (Phi) is 4.25. The van der Waals surface area contributed by atoms with Gasteiger partial charge in [-0.15, -0.1) is 0 Å². The Labute approximate surface area is 119 Å². The SMILES string of the molecule is Cc1cc(CNCC2COCCO2)c2ccccc2n1. The highest BCUT2D eigenvalue weighted by molar-refractivity contribution is 5.82. The van der Waals surface area contributed by atoms with Crippen LogP contribution >= 0.6 is 0 Å². The molecule has 3 rings (SSSR count). The minimum atomic E-state index is 0.165. The average molecular weight is 272 g/mol. The molecule has 0 saturated carbocycles. The fourth-order valence-corrected chi connectivity index (χ4v) is 2.56. The maximum atomic E-state index is 5.63. The third-order valence-corrected chi connectivity index (χ3v) is 3.50. The van der Waals surface area contributed by atoms with Crippen LogP contribution in [0.1, 0.15) is 11.3 Å². The molecule has 1 aliphatic heterocycles. The van der Waals surface area contributed by atoms with Crippen LogP contribution in [-0.2, 0) is 16.0 Å². The molecule has 1 aromatic carbocycles. The molecule has 4 heteroatoms. The molecule has 106 valence electrons. The van der Waals surface area contributed by atoms with Gasteiger partial charge in [-0.25, -0.2) is 0 Å². The highest BCUT2D eigenvalue weighted by Crippen LogP contribution is 2.18. The van der Waals surface area contributed by atoms with Crippen LogP contribution < -0.4 is 5.32 Å². The topological polar surface area (TPSA) is 43.4 Å². The molecule has 20 heavy (non-hydrogen) atoms. The summed E-state index contributed by atoms with van der Waals surface area (Å²) in [5, 5.41) is 4.67. The summed E-state index contributed by atoms with van der Waals surface area (Å²) in [4.78, 5) is 4.56. The molecule has 1 fully saturated rings. The first-order chi connectivity index (χ1) is 9.83. The Balaban J connectivity index is 1.67. The number of nitrogens with one attached hydrogen (secondary N) is 1. The van der Waals surface area contributed by atoms with Crippen molar-refractivity contribution < 1.29 is 9.47 Å². The number of fused-ring (bicyclic) bond motifs is 1. The van der Waals surface area contributed by atoms with Gasteiger partial charge < -0.3 is 14.8 Å². The van der Waals surface area contributed by atoms with Gasteiger partial charge >= 0.3 is 0 Å². The predicted octanol–water partition coefficient (Wildman–Crippen LogP) is 2.05. The van der Waals surface area contributed by atoms with E-state index in [0.717, 1.165) is 24.3 Å². The van der Waals surface area contributed by atoms with Gasteiger partial charge in [0, 0.05) is 24.2 Å². The lowest BCUT2D eigenvalue weighted by molar-refractivity contribution is -0.0864. The van der Waals surface area contributed by atoms with E-state index in [-0.39, 0.29) is 6.10 Å². The standard InChI is InChI=1S/C16H20N2O2/c1-12-8-13(15-4-2-3-5-16(15)18-12)9-17-10-14-11-19-6-7-20-14/h2-5,8,14,17H,6-7,9-11H2,1H3. The van der Waals surface area contributed by atoms with Gasteiger partial charge in [0.2, 0.25) is 0 Å². The molecule has 0 spiro atoms. The van der Waals surface area contributed by atoms with Crippen molar-refractivity contribution in [2.24, 2.45) is 0 Å². The van der Waals surface area contributed by atoms with Crippen molar-refractivity contribution in [3.8, 4) is 0 Å². The van der Waals surface area contributed by atoms with Gasteiger partial charge in [0.25, 0.3) is 0 Å². The molecule has 0 amide bonds. The summed E-state index contributed by atoms with van der Waals surface area (Å²) < 4.78 is 11.0. The second-order valence-electron chi connectivity index (χ2n) is 5.14. The second kappa shape index (κ2) is 6.31. The number of aryl methyl sites for hydroxylation is 1. The number of benzene rings is 1. The largest absolute Gasteiger partial charge is 0.376 e. The number of para-hydroxylation sites is 1. The molecule has 1 aromatic heterocycles. The molecule has 1 atom stereocenters. The highest BCUT2D eigenvalue weighted by atomic mass is 16.6. The van der Waals surface area contributed by atoms with E-state index in [0.29, 0.717) is 19.8 Å². The maximum Gasteiger partial charge on any atom is 0.0933 e. The lowest BCUT2D eigenvalue weighted by Gasteiger charge is -2.23. The number of nitrogens with zero attached hydrogens (tertiary/aromatic N) is 1. The lowest BCUT2D eigenvalue weighted by Crippen LogP contribution is -2.37. The summed E-state index contributed by atoms with van der Waals surface area (Å²) in [6.07, 6.45) is 0.165. The second-order valence-corrected chi connectivity index (χ2v) is 5.14. The number of ether oxygens (including phenoxy) is 2. The fraction of sp³-hybridized carbons (Fsp3) is 0.438. The van der Waals surface area contributed by atoms with E-state index in [4.69, 9.17) is 9.47 Å². The zero-order valence-corrected chi connectivity index (χ0v) is 11.8. The van der Waals surface area contributed by atoms with E-state index in [1.165, 1.54) is 10.9 Å².